The molecule has 0 saturated carbocycles. The smallest absolute Gasteiger partial charge is 0.251 e. The summed E-state index contributed by atoms with van der Waals surface area (Å²) in [5.74, 6) is 1.71. The van der Waals surface area contributed by atoms with Crippen LogP contribution in [0.3, 0.4) is 0 Å². The SMILES string of the molecule is O=C(N[C@H]1CN2CCC1CC2)c1ccc2c(c1)O[C@@H](COc1cccc(F)c1)CO2. The topological polar surface area (TPSA) is 60.0 Å². The fourth-order valence-corrected chi connectivity index (χ4v) is 4.47. The van der Waals surface area contributed by atoms with Crippen LogP contribution in [0.1, 0.15) is 23.2 Å². The summed E-state index contributed by atoms with van der Waals surface area (Å²) in [6.07, 6.45) is 1.96. The van der Waals surface area contributed by atoms with Crippen molar-refractivity contribution >= 4 is 5.91 Å². The van der Waals surface area contributed by atoms with Crippen LogP contribution in [0.4, 0.5) is 4.39 Å². The van der Waals surface area contributed by atoms with E-state index in [0.29, 0.717) is 35.3 Å². The van der Waals surface area contributed by atoms with E-state index in [0.717, 1.165) is 32.5 Å². The Morgan fingerprint density at radius 3 is 2.80 bits per heavy atom. The number of fused-ring (bicyclic) bond motifs is 4. The molecule has 0 spiro atoms. The van der Waals surface area contributed by atoms with Crippen molar-refractivity contribution < 1.29 is 23.4 Å². The Morgan fingerprint density at radius 2 is 2.03 bits per heavy atom. The molecule has 0 unspecified atom stereocenters. The monoisotopic (exact) mass is 412 g/mol. The second kappa shape index (κ2) is 8.14. The summed E-state index contributed by atoms with van der Waals surface area (Å²) in [4.78, 5) is 15.2. The second-order valence-electron chi connectivity index (χ2n) is 8.20. The third-order valence-corrected chi connectivity index (χ3v) is 6.13. The number of ether oxygens (including phenoxy) is 3. The molecule has 3 fully saturated rings. The highest BCUT2D eigenvalue weighted by Crippen LogP contribution is 2.33. The number of benzene rings is 2. The van der Waals surface area contributed by atoms with E-state index < -0.39 is 0 Å². The maximum atomic E-state index is 13.3. The van der Waals surface area contributed by atoms with E-state index in [4.69, 9.17) is 14.2 Å². The van der Waals surface area contributed by atoms with Crippen molar-refractivity contribution in [1.82, 2.24) is 10.2 Å². The van der Waals surface area contributed by atoms with Gasteiger partial charge in [-0.1, -0.05) is 6.07 Å². The molecule has 6 rings (SSSR count). The van der Waals surface area contributed by atoms with Gasteiger partial charge in [0.2, 0.25) is 0 Å². The minimum Gasteiger partial charge on any atom is -0.489 e. The minimum absolute atomic E-state index is 0.0849. The third-order valence-electron chi connectivity index (χ3n) is 6.13. The lowest BCUT2D eigenvalue weighted by atomic mass is 9.84. The van der Waals surface area contributed by atoms with E-state index in [9.17, 15) is 9.18 Å². The quantitative estimate of drug-likeness (QED) is 0.819. The lowest BCUT2D eigenvalue weighted by Crippen LogP contribution is -2.57. The molecule has 7 heteroatoms. The minimum atomic E-state index is -0.350. The van der Waals surface area contributed by atoms with Crippen molar-refractivity contribution in [2.24, 2.45) is 5.92 Å². The molecule has 30 heavy (non-hydrogen) atoms. The maximum Gasteiger partial charge on any atom is 0.251 e. The molecule has 0 aromatic heterocycles. The standard InChI is InChI=1S/C23H25FN2O4/c24-17-2-1-3-18(11-17)28-13-19-14-29-21-5-4-16(10-22(21)30-19)23(27)25-20-12-26-8-6-15(20)7-9-26/h1-5,10-11,15,19-20H,6-9,12-14H2,(H,25,27)/t19-,20-/m0/s1. The number of piperidine rings is 3. The van der Waals surface area contributed by atoms with E-state index in [-0.39, 0.29) is 30.5 Å². The average molecular weight is 412 g/mol. The number of nitrogens with zero attached hydrogens (tertiary/aromatic N) is 1. The second-order valence-corrected chi connectivity index (χ2v) is 8.20. The van der Waals surface area contributed by atoms with Crippen LogP contribution < -0.4 is 19.5 Å². The molecule has 0 radical (unpaired) electrons. The van der Waals surface area contributed by atoms with Crippen LogP contribution in [0.5, 0.6) is 17.2 Å². The Labute approximate surface area is 174 Å². The molecule has 2 aromatic carbocycles. The highest BCUT2D eigenvalue weighted by Gasteiger charge is 2.35. The molecule has 4 aliphatic rings. The van der Waals surface area contributed by atoms with Gasteiger partial charge in [-0.25, -0.2) is 4.39 Å². The highest BCUT2D eigenvalue weighted by molar-refractivity contribution is 5.95. The fourth-order valence-electron chi connectivity index (χ4n) is 4.47. The average Bonchev–Trinajstić information content (AvgIpc) is 2.78. The lowest BCUT2D eigenvalue weighted by Gasteiger charge is -2.44. The first-order valence-electron chi connectivity index (χ1n) is 10.5. The summed E-state index contributed by atoms with van der Waals surface area (Å²) in [7, 11) is 0. The van der Waals surface area contributed by atoms with Crippen molar-refractivity contribution in [3.63, 3.8) is 0 Å². The van der Waals surface area contributed by atoms with E-state index in [2.05, 4.69) is 10.2 Å². The zero-order chi connectivity index (χ0) is 20.5. The highest BCUT2D eigenvalue weighted by atomic mass is 19.1. The van der Waals surface area contributed by atoms with Crippen LogP contribution >= 0.6 is 0 Å². The maximum absolute atomic E-state index is 13.3. The molecule has 4 heterocycles. The lowest BCUT2D eigenvalue weighted by molar-refractivity contribution is 0.0530. The first-order chi connectivity index (χ1) is 14.6. The zero-order valence-corrected chi connectivity index (χ0v) is 16.7. The van der Waals surface area contributed by atoms with Crippen molar-refractivity contribution in [3.8, 4) is 17.2 Å². The molecule has 3 saturated heterocycles. The molecule has 158 valence electrons. The summed E-state index contributed by atoms with van der Waals surface area (Å²) in [5.41, 5.74) is 0.556. The zero-order valence-electron chi connectivity index (χ0n) is 16.7. The van der Waals surface area contributed by atoms with Gasteiger partial charge in [0, 0.05) is 24.2 Å². The Morgan fingerprint density at radius 1 is 1.17 bits per heavy atom. The molecule has 0 aliphatic carbocycles. The van der Waals surface area contributed by atoms with E-state index in [1.807, 2.05) is 0 Å². The number of rotatable bonds is 5. The largest absolute Gasteiger partial charge is 0.489 e. The van der Waals surface area contributed by atoms with E-state index >= 15 is 0 Å². The van der Waals surface area contributed by atoms with Gasteiger partial charge in [-0.15, -0.1) is 0 Å². The number of amides is 1. The normalized spacial score (nSPS) is 26.8. The Bertz CT molecular complexity index is 929. The van der Waals surface area contributed by atoms with Gasteiger partial charge in [0.25, 0.3) is 5.91 Å². The van der Waals surface area contributed by atoms with Gasteiger partial charge in [0.05, 0.1) is 0 Å². The van der Waals surface area contributed by atoms with Crippen LogP contribution in [-0.2, 0) is 0 Å². The Kier molecular flexibility index (Phi) is 5.21. The summed E-state index contributed by atoms with van der Waals surface area (Å²) < 4.78 is 30.6. The van der Waals surface area contributed by atoms with Crippen LogP contribution in [0, 0.1) is 11.7 Å². The van der Waals surface area contributed by atoms with Crippen LogP contribution in [0.15, 0.2) is 42.5 Å². The fraction of sp³-hybridized carbons (Fsp3) is 0.435. The Balaban J connectivity index is 1.21. The van der Waals surface area contributed by atoms with Crippen molar-refractivity contribution in [3.05, 3.63) is 53.8 Å². The predicted octanol–water partition coefficient (Wildman–Crippen LogP) is 2.87. The first-order valence-corrected chi connectivity index (χ1v) is 10.5. The first kappa shape index (κ1) is 19.2. The number of hydrogen-bond donors (Lipinski definition) is 1. The summed E-state index contributed by atoms with van der Waals surface area (Å²) in [6.45, 7) is 3.76. The van der Waals surface area contributed by atoms with E-state index in [1.165, 1.54) is 12.1 Å². The number of carbonyl (C=O) groups is 1. The van der Waals surface area contributed by atoms with Gasteiger partial charge < -0.3 is 24.4 Å². The molecule has 2 aromatic rings. The summed E-state index contributed by atoms with van der Waals surface area (Å²) >= 11 is 0. The number of nitrogens with one attached hydrogen (secondary N) is 1. The van der Waals surface area contributed by atoms with Crippen LogP contribution in [0.2, 0.25) is 0 Å². The van der Waals surface area contributed by atoms with Crippen LogP contribution in [0.25, 0.3) is 0 Å². The molecule has 1 N–H and O–H groups in total. The van der Waals surface area contributed by atoms with Gasteiger partial charge >= 0.3 is 0 Å². The van der Waals surface area contributed by atoms with Crippen LogP contribution in [-0.4, -0.2) is 55.8 Å². The van der Waals surface area contributed by atoms with Gasteiger partial charge in [-0.2, -0.15) is 0 Å². The van der Waals surface area contributed by atoms with Gasteiger partial charge in [0.1, 0.15) is 24.8 Å². The molecule has 4 aliphatic heterocycles. The number of hydrogen-bond acceptors (Lipinski definition) is 5. The number of halogens is 1. The molecule has 2 atom stereocenters. The molecule has 6 nitrogen and oxygen atoms in total. The van der Waals surface area contributed by atoms with Gasteiger partial charge in [0.15, 0.2) is 17.6 Å². The van der Waals surface area contributed by atoms with Crippen molar-refractivity contribution in [2.75, 3.05) is 32.8 Å². The summed E-state index contributed by atoms with van der Waals surface area (Å²) in [6, 6.07) is 11.4. The predicted molar refractivity (Wildman–Crippen MR) is 109 cm³/mol. The van der Waals surface area contributed by atoms with Gasteiger partial charge in [-0.05, 0) is 62.2 Å². The Hall–Kier alpha value is -2.80. The molecule has 2 bridgehead atoms. The summed E-state index contributed by atoms with van der Waals surface area (Å²) in [5, 5.41) is 3.20. The third kappa shape index (κ3) is 4.07. The van der Waals surface area contributed by atoms with Crippen molar-refractivity contribution in [1.29, 1.82) is 0 Å². The molecular formula is C23H25FN2O4. The van der Waals surface area contributed by atoms with Gasteiger partial charge in [-0.3, -0.25) is 4.79 Å². The molecule has 1 amide bonds. The van der Waals surface area contributed by atoms with Crippen molar-refractivity contribution in [2.45, 2.75) is 25.0 Å². The van der Waals surface area contributed by atoms with E-state index in [1.54, 1.807) is 30.3 Å². The molecular weight excluding hydrogens is 387 g/mol. The number of carbonyl (C=O) groups excluding carboxylic acids is 1.